The fourth-order valence-corrected chi connectivity index (χ4v) is 2.55. The molecule has 0 bridgehead atoms. The zero-order valence-corrected chi connectivity index (χ0v) is 12.2. The smallest absolute Gasteiger partial charge is 0.252 e. The van der Waals surface area contributed by atoms with Crippen molar-refractivity contribution in [2.45, 2.75) is 13.0 Å². The topological polar surface area (TPSA) is 56.0 Å². The van der Waals surface area contributed by atoms with E-state index in [4.69, 9.17) is 0 Å². The highest BCUT2D eigenvalue weighted by Crippen LogP contribution is 2.24. The zero-order valence-electron chi connectivity index (χ0n) is 12.2. The minimum Gasteiger partial charge on any atom is -0.619 e. The molecule has 4 nitrogen and oxygen atoms in total. The minimum absolute atomic E-state index is 0.127. The van der Waals surface area contributed by atoms with Crippen LogP contribution in [-0.4, -0.2) is 5.91 Å². The zero-order chi connectivity index (χ0) is 15.5. The van der Waals surface area contributed by atoms with Gasteiger partial charge in [0, 0.05) is 12.1 Å². The van der Waals surface area contributed by atoms with Crippen molar-refractivity contribution in [1.82, 2.24) is 5.32 Å². The highest BCUT2D eigenvalue weighted by Gasteiger charge is 2.14. The van der Waals surface area contributed by atoms with Gasteiger partial charge in [0.2, 0.25) is 0 Å². The molecule has 3 rings (SSSR count). The number of fused-ring (bicyclic) bond motifs is 1. The second kappa shape index (κ2) is 5.85. The first-order valence-corrected chi connectivity index (χ1v) is 7.12. The molecule has 1 heterocycles. The molecule has 0 aliphatic heterocycles. The Labute approximate surface area is 128 Å². The van der Waals surface area contributed by atoms with E-state index in [2.05, 4.69) is 23.5 Å². The first-order valence-electron chi connectivity index (χ1n) is 7.12. The fourth-order valence-electron chi connectivity index (χ4n) is 2.55. The summed E-state index contributed by atoms with van der Waals surface area (Å²) in [5.74, 6) is -0.193. The molecule has 2 aromatic carbocycles. The van der Waals surface area contributed by atoms with E-state index in [1.165, 1.54) is 24.5 Å². The van der Waals surface area contributed by atoms with Crippen LogP contribution in [0.25, 0.3) is 10.8 Å². The maximum atomic E-state index is 12.3. The van der Waals surface area contributed by atoms with Crippen LogP contribution < -0.4 is 10.0 Å². The van der Waals surface area contributed by atoms with Crippen molar-refractivity contribution in [3.8, 4) is 0 Å². The number of nitrogens with zero attached hydrogens (tertiary/aromatic N) is 1. The lowest BCUT2D eigenvalue weighted by atomic mass is 9.99. The van der Waals surface area contributed by atoms with E-state index in [1.54, 1.807) is 0 Å². The van der Waals surface area contributed by atoms with Gasteiger partial charge in [-0.2, -0.15) is 4.73 Å². The summed E-state index contributed by atoms with van der Waals surface area (Å²) in [7, 11) is 0. The number of carbonyl (C=O) groups is 1. The monoisotopic (exact) mass is 292 g/mol. The highest BCUT2D eigenvalue weighted by atomic mass is 16.5. The summed E-state index contributed by atoms with van der Waals surface area (Å²) in [4.78, 5) is 12.3. The third-order valence-electron chi connectivity index (χ3n) is 3.70. The van der Waals surface area contributed by atoms with Gasteiger partial charge in [-0.25, -0.2) is 0 Å². The van der Waals surface area contributed by atoms with E-state index >= 15 is 0 Å². The molecule has 0 spiro atoms. The molecule has 110 valence electrons. The normalized spacial score (nSPS) is 12.0. The average Bonchev–Trinajstić information content (AvgIpc) is 2.54. The third kappa shape index (κ3) is 2.76. The van der Waals surface area contributed by atoms with E-state index in [0.717, 1.165) is 16.3 Å². The summed E-state index contributed by atoms with van der Waals surface area (Å²) >= 11 is 0. The number of hydrogen-bond donors (Lipinski definition) is 1. The Morgan fingerprint density at radius 3 is 2.50 bits per heavy atom. The van der Waals surface area contributed by atoms with Crippen LogP contribution in [0.1, 0.15) is 28.9 Å². The van der Waals surface area contributed by atoms with Crippen molar-refractivity contribution in [3.63, 3.8) is 0 Å². The molecule has 1 atom stereocenters. The van der Waals surface area contributed by atoms with Gasteiger partial charge in [-0.3, -0.25) is 4.79 Å². The number of carbonyl (C=O) groups excluding carboxylic acids is 1. The SMILES string of the molecule is CC(NC(=O)c1cc[n+]([O-])cc1)c1cccc2ccccc12. The minimum atomic E-state index is -0.193. The molecule has 3 aromatic rings. The third-order valence-corrected chi connectivity index (χ3v) is 3.70. The molecule has 0 fully saturated rings. The van der Waals surface area contributed by atoms with Gasteiger partial charge < -0.3 is 10.5 Å². The van der Waals surface area contributed by atoms with Gasteiger partial charge >= 0.3 is 0 Å². The Hall–Kier alpha value is -2.88. The maximum absolute atomic E-state index is 12.3. The number of rotatable bonds is 3. The molecule has 1 amide bonds. The Bertz CT molecular complexity index is 807. The average molecular weight is 292 g/mol. The van der Waals surface area contributed by atoms with Gasteiger partial charge in [-0.1, -0.05) is 42.5 Å². The van der Waals surface area contributed by atoms with E-state index in [9.17, 15) is 10.0 Å². The predicted octanol–water partition coefficient (Wildman–Crippen LogP) is 2.96. The number of benzene rings is 2. The van der Waals surface area contributed by atoms with Gasteiger partial charge in [-0.05, 0) is 23.3 Å². The molecular weight excluding hydrogens is 276 g/mol. The Kier molecular flexibility index (Phi) is 3.74. The standard InChI is InChI=1S/C18H16N2O2/c1-13(19-18(21)15-9-11-20(22)12-10-15)16-8-4-6-14-5-2-3-7-17(14)16/h2-13H,1H3,(H,19,21). The van der Waals surface area contributed by atoms with Gasteiger partial charge in [0.25, 0.3) is 5.91 Å². The van der Waals surface area contributed by atoms with Crippen molar-refractivity contribution in [1.29, 1.82) is 0 Å². The molecule has 4 heteroatoms. The lowest BCUT2D eigenvalue weighted by Gasteiger charge is -2.16. The fraction of sp³-hybridized carbons (Fsp3) is 0.111. The van der Waals surface area contributed by atoms with Crippen molar-refractivity contribution >= 4 is 16.7 Å². The summed E-state index contributed by atoms with van der Waals surface area (Å²) in [6.45, 7) is 1.95. The maximum Gasteiger partial charge on any atom is 0.252 e. The molecule has 0 aliphatic carbocycles. The second-order valence-corrected chi connectivity index (χ2v) is 5.21. The van der Waals surface area contributed by atoms with Gasteiger partial charge in [0.15, 0.2) is 12.4 Å². The van der Waals surface area contributed by atoms with Crippen LogP contribution in [0.3, 0.4) is 0 Å². The Balaban J connectivity index is 1.85. The number of nitrogens with one attached hydrogen (secondary N) is 1. The van der Waals surface area contributed by atoms with Crippen LogP contribution >= 0.6 is 0 Å². The lowest BCUT2D eigenvalue weighted by Crippen LogP contribution is -2.29. The molecule has 0 saturated heterocycles. The Morgan fingerprint density at radius 2 is 1.73 bits per heavy atom. The van der Waals surface area contributed by atoms with E-state index in [0.29, 0.717) is 10.3 Å². The summed E-state index contributed by atoms with van der Waals surface area (Å²) in [6.07, 6.45) is 2.63. The second-order valence-electron chi connectivity index (χ2n) is 5.21. The molecule has 0 aliphatic rings. The number of hydrogen-bond acceptors (Lipinski definition) is 2. The molecule has 22 heavy (non-hydrogen) atoms. The summed E-state index contributed by atoms with van der Waals surface area (Å²) in [5.41, 5.74) is 1.54. The summed E-state index contributed by atoms with van der Waals surface area (Å²) < 4.78 is 0.658. The molecule has 0 radical (unpaired) electrons. The van der Waals surface area contributed by atoms with Crippen molar-refractivity contribution in [2.24, 2.45) is 0 Å². The van der Waals surface area contributed by atoms with Crippen molar-refractivity contribution in [3.05, 3.63) is 83.3 Å². The van der Waals surface area contributed by atoms with Crippen LogP contribution in [0.5, 0.6) is 0 Å². The van der Waals surface area contributed by atoms with E-state index < -0.39 is 0 Å². The summed E-state index contributed by atoms with van der Waals surface area (Å²) in [6, 6.07) is 17.1. The van der Waals surface area contributed by atoms with Crippen LogP contribution in [0.2, 0.25) is 0 Å². The van der Waals surface area contributed by atoms with E-state index in [1.807, 2.05) is 31.2 Å². The number of pyridine rings is 1. The van der Waals surface area contributed by atoms with Crippen LogP contribution in [-0.2, 0) is 0 Å². The Morgan fingerprint density at radius 1 is 1.05 bits per heavy atom. The molecular formula is C18H16N2O2. The largest absolute Gasteiger partial charge is 0.619 e. The predicted molar refractivity (Wildman–Crippen MR) is 85.2 cm³/mol. The number of aromatic nitrogens is 1. The van der Waals surface area contributed by atoms with E-state index in [-0.39, 0.29) is 11.9 Å². The quantitative estimate of drug-likeness (QED) is 0.596. The first-order chi connectivity index (χ1) is 10.6. The lowest BCUT2D eigenvalue weighted by molar-refractivity contribution is -0.605. The first kappa shape index (κ1) is 14.1. The van der Waals surface area contributed by atoms with Crippen LogP contribution in [0.4, 0.5) is 0 Å². The molecule has 1 unspecified atom stereocenters. The van der Waals surface area contributed by atoms with Crippen LogP contribution in [0, 0.1) is 5.21 Å². The van der Waals surface area contributed by atoms with Gasteiger partial charge in [0.1, 0.15) is 0 Å². The van der Waals surface area contributed by atoms with Gasteiger partial charge in [0.05, 0.1) is 11.6 Å². The van der Waals surface area contributed by atoms with Crippen molar-refractivity contribution < 1.29 is 9.52 Å². The molecule has 0 saturated carbocycles. The molecule has 1 aromatic heterocycles. The molecule has 1 N–H and O–H groups in total. The summed E-state index contributed by atoms with van der Waals surface area (Å²) in [5, 5.41) is 16.3. The highest BCUT2D eigenvalue weighted by molar-refractivity contribution is 5.94. The van der Waals surface area contributed by atoms with Gasteiger partial charge in [-0.15, -0.1) is 0 Å². The number of amides is 1. The van der Waals surface area contributed by atoms with Crippen molar-refractivity contribution in [2.75, 3.05) is 0 Å². The van der Waals surface area contributed by atoms with Crippen LogP contribution in [0.15, 0.2) is 67.0 Å².